The molecule has 1 amide bonds. The van der Waals surface area contributed by atoms with Crippen molar-refractivity contribution in [1.29, 1.82) is 0 Å². The molecule has 4 nitrogen and oxygen atoms in total. The number of hydrogen-bond donors (Lipinski definition) is 1. The lowest BCUT2D eigenvalue weighted by molar-refractivity contribution is -0.116. The van der Waals surface area contributed by atoms with Crippen LogP contribution in [0.2, 0.25) is 0 Å². The van der Waals surface area contributed by atoms with E-state index in [-0.39, 0.29) is 5.91 Å². The number of carbonyl (C=O) groups is 1. The summed E-state index contributed by atoms with van der Waals surface area (Å²) in [6, 6.07) is 13.2. The molecule has 0 bridgehead atoms. The van der Waals surface area contributed by atoms with Crippen LogP contribution < -0.4 is 5.32 Å². The van der Waals surface area contributed by atoms with Crippen LogP contribution >= 0.6 is 0 Å². The van der Waals surface area contributed by atoms with E-state index in [1.54, 1.807) is 24.5 Å². The Kier molecular flexibility index (Phi) is 5.97. The van der Waals surface area contributed by atoms with Crippen molar-refractivity contribution in [2.24, 2.45) is 0 Å². The fraction of sp³-hybridized carbons (Fsp3) is 0.188. The second-order valence-corrected chi connectivity index (χ2v) is 5.99. The number of benzene rings is 1. The van der Waals surface area contributed by atoms with Gasteiger partial charge in [-0.25, -0.2) is 0 Å². The van der Waals surface area contributed by atoms with Gasteiger partial charge in [-0.2, -0.15) is 0 Å². The number of furan rings is 1. The second kappa shape index (κ2) is 8.21. The van der Waals surface area contributed by atoms with Gasteiger partial charge in [-0.1, -0.05) is 30.3 Å². The summed E-state index contributed by atoms with van der Waals surface area (Å²) in [4.78, 5) is 11.5. The molecule has 0 aliphatic rings. The molecule has 1 heterocycles. The molecule has 0 saturated heterocycles. The minimum Gasteiger partial charge on any atom is -0.465 e. The van der Waals surface area contributed by atoms with Crippen LogP contribution in [-0.4, -0.2) is 22.4 Å². The topological polar surface area (TPSA) is 59.3 Å². The molecule has 0 aliphatic carbocycles. The van der Waals surface area contributed by atoms with E-state index < -0.39 is 10.8 Å². The predicted molar refractivity (Wildman–Crippen MR) is 83.9 cm³/mol. The molecular weight excluding hydrogens is 286 g/mol. The van der Waals surface area contributed by atoms with E-state index in [2.05, 4.69) is 5.32 Å². The maximum absolute atomic E-state index is 11.9. The first-order chi connectivity index (χ1) is 10.2. The van der Waals surface area contributed by atoms with Gasteiger partial charge in [-0.15, -0.1) is 0 Å². The van der Waals surface area contributed by atoms with Crippen molar-refractivity contribution in [3.05, 3.63) is 66.1 Å². The monoisotopic (exact) mass is 303 g/mol. The van der Waals surface area contributed by atoms with Gasteiger partial charge in [0.1, 0.15) is 5.76 Å². The molecule has 2 aromatic rings. The third-order valence-electron chi connectivity index (χ3n) is 2.74. The number of hydrogen-bond acceptors (Lipinski definition) is 3. The normalized spacial score (nSPS) is 12.4. The first kappa shape index (κ1) is 15.3. The van der Waals surface area contributed by atoms with Crippen molar-refractivity contribution in [1.82, 2.24) is 5.32 Å². The minimum absolute atomic E-state index is 0.219. The summed E-state index contributed by atoms with van der Waals surface area (Å²) in [6.07, 6.45) is 4.54. The van der Waals surface area contributed by atoms with E-state index in [0.29, 0.717) is 23.8 Å². The molecule has 0 fully saturated rings. The smallest absolute Gasteiger partial charge is 0.244 e. The summed E-state index contributed by atoms with van der Waals surface area (Å²) in [5, 5.41) is 2.70. The highest BCUT2D eigenvalue weighted by Gasteiger charge is 2.02. The first-order valence-electron chi connectivity index (χ1n) is 6.62. The number of rotatable bonds is 7. The van der Waals surface area contributed by atoms with Crippen LogP contribution in [0.1, 0.15) is 11.3 Å². The highest BCUT2D eigenvalue weighted by Crippen LogP contribution is 2.03. The van der Waals surface area contributed by atoms with Crippen LogP contribution in [0.4, 0.5) is 0 Å². The number of carbonyl (C=O) groups excluding carboxylic acids is 1. The molecule has 2 rings (SSSR count). The average molecular weight is 303 g/mol. The Morgan fingerprint density at radius 3 is 2.71 bits per heavy atom. The molecular formula is C16H17NO3S. The molecule has 110 valence electrons. The second-order valence-electron chi connectivity index (χ2n) is 4.41. The first-order valence-corrected chi connectivity index (χ1v) is 8.11. The third-order valence-corrected chi connectivity index (χ3v) is 4.06. The largest absolute Gasteiger partial charge is 0.465 e. The van der Waals surface area contributed by atoms with Gasteiger partial charge in [-0.05, 0) is 23.8 Å². The lowest BCUT2D eigenvalue weighted by Gasteiger charge is -2.03. The van der Waals surface area contributed by atoms with Crippen molar-refractivity contribution in [3.63, 3.8) is 0 Å². The summed E-state index contributed by atoms with van der Waals surface area (Å²) >= 11 is 0. The van der Waals surface area contributed by atoms with Crippen LogP contribution in [0.3, 0.4) is 0 Å². The fourth-order valence-corrected chi connectivity index (χ4v) is 2.76. The van der Waals surface area contributed by atoms with E-state index in [9.17, 15) is 9.00 Å². The van der Waals surface area contributed by atoms with Gasteiger partial charge in [-0.3, -0.25) is 9.00 Å². The Labute approximate surface area is 126 Å². The van der Waals surface area contributed by atoms with Gasteiger partial charge in [0.25, 0.3) is 0 Å². The Hall–Kier alpha value is -2.14. The van der Waals surface area contributed by atoms with Crippen LogP contribution in [0, 0.1) is 0 Å². The summed E-state index contributed by atoms with van der Waals surface area (Å²) in [7, 11) is -0.978. The standard InChI is InChI=1S/C16H17NO3S/c18-16(9-8-15-7-4-11-20-15)17-10-12-21(19)13-14-5-2-1-3-6-14/h1-9,11H,10,12-13H2,(H,17,18). The number of amides is 1. The van der Waals surface area contributed by atoms with Gasteiger partial charge in [0, 0.05) is 34.9 Å². The summed E-state index contributed by atoms with van der Waals surface area (Å²) in [5.41, 5.74) is 1.04. The van der Waals surface area contributed by atoms with Crippen molar-refractivity contribution >= 4 is 22.8 Å². The molecule has 0 saturated carbocycles. The zero-order chi connectivity index (χ0) is 14.9. The molecule has 1 aromatic heterocycles. The van der Waals surface area contributed by atoms with Crippen molar-refractivity contribution in [2.45, 2.75) is 5.75 Å². The van der Waals surface area contributed by atoms with E-state index in [4.69, 9.17) is 4.42 Å². The van der Waals surface area contributed by atoms with Crippen LogP contribution in [0.25, 0.3) is 6.08 Å². The Morgan fingerprint density at radius 2 is 2.00 bits per heavy atom. The molecule has 5 heteroatoms. The zero-order valence-electron chi connectivity index (χ0n) is 11.5. The van der Waals surface area contributed by atoms with Crippen molar-refractivity contribution < 1.29 is 13.4 Å². The van der Waals surface area contributed by atoms with Gasteiger partial charge >= 0.3 is 0 Å². The number of nitrogens with one attached hydrogen (secondary N) is 1. The maximum Gasteiger partial charge on any atom is 0.244 e. The van der Waals surface area contributed by atoms with Crippen LogP contribution in [0.15, 0.2) is 59.2 Å². The molecule has 0 aliphatic heterocycles. The average Bonchev–Trinajstić information content (AvgIpc) is 2.99. The van der Waals surface area contributed by atoms with E-state index in [1.807, 2.05) is 30.3 Å². The molecule has 1 aromatic carbocycles. The summed E-state index contributed by atoms with van der Waals surface area (Å²) in [5.74, 6) is 1.36. The molecule has 1 N–H and O–H groups in total. The highest BCUT2D eigenvalue weighted by atomic mass is 32.2. The summed E-state index contributed by atoms with van der Waals surface area (Å²) in [6.45, 7) is 0.390. The van der Waals surface area contributed by atoms with Crippen molar-refractivity contribution in [2.75, 3.05) is 12.3 Å². The summed E-state index contributed by atoms with van der Waals surface area (Å²) < 4.78 is 16.9. The highest BCUT2D eigenvalue weighted by molar-refractivity contribution is 7.84. The van der Waals surface area contributed by atoms with Gasteiger partial charge < -0.3 is 9.73 Å². The molecule has 1 unspecified atom stereocenters. The predicted octanol–water partition coefficient (Wildman–Crippen LogP) is 2.36. The van der Waals surface area contributed by atoms with E-state index >= 15 is 0 Å². The lowest BCUT2D eigenvalue weighted by atomic mass is 10.2. The maximum atomic E-state index is 11.9. The zero-order valence-corrected chi connectivity index (χ0v) is 12.3. The fourth-order valence-electron chi connectivity index (χ4n) is 1.72. The van der Waals surface area contributed by atoms with E-state index in [1.165, 1.54) is 6.08 Å². The van der Waals surface area contributed by atoms with Crippen molar-refractivity contribution in [3.8, 4) is 0 Å². The molecule has 1 atom stereocenters. The van der Waals surface area contributed by atoms with Crippen LogP contribution in [0.5, 0.6) is 0 Å². The molecule has 0 radical (unpaired) electrons. The van der Waals surface area contributed by atoms with Gasteiger partial charge in [0.2, 0.25) is 5.91 Å². The lowest BCUT2D eigenvalue weighted by Crippen LogP contribution is -2.26. The third kappa shape index (κ3) is 5.79. The van der Waals surface area contributed by atoms with E-state index in [0.717, 1.165) is 5.56 Å². The Balaban J connectivity index is 1.67. The molecule has 21 heavy (non-hydrogen) atoms. The minimum atomic E-state index is -0.978. The van der Waals surface area contributed by atoms with Crippen LogP contribution in [-0.2, 0) is 21.3 Å². The molecule has 0 spiro atoms. The SMILES string of the molecule is O=C(C=Cc1ccco1)NCCS(=O)Cc1ccccc1. The Bertz CT molecular complexity index is 606. The van der Waals surface area contributed by atoms with Gasteiger partial charge in [0.05, 0.1) is 6.26 Å². The quantitative estimate of drug-likeness (QED) is 0.799. The Morgan fingerprint density at radius 1 is 1.19 bits per heavy atom. The van der Waals surface area contributed by atoms with Gasteiger partial charge in [0.15, 0.2) is 0 Å².